The molecule has 4 aromatic rings. The number of carbonyl (C=O) groups is 1. The monoisotopic (exact) mass is 315 g/mol. The third kappa shape index (κ3) is 2.52. The maximum Gasteiger partial charge on any atom is 0.251 e. The molecule has 4 heteroatoms. The average Bonchev–Trinajstić information content (AvgIpc) is 3.08. The molecule has 118 valence electrons. The summed E-state index contributed by atoms with van der Waals surface area (Å²) in [6.07, 6.45) is 1.75. The number of hydrogen-bond donors (Lipinski definition) is 2. The van der Waals surface area contributed by atoms with Gasteiger partial charge in [0.15, 0.2) is 0 Å². The fourth-order valence-corrected chi connectivity index (χ4v) is 3.06. The Morgan fingerprint density at radius 3 is 2.79 bits per heavy atom. The van der Waals surface area contributed by atoms with Crippen molar-refractivity contribution >= 4 is 27.6 Å². The van der Waals surface area contributed by atoms with Gasteiger partial charge < -0.3 is 5.32 Å². The number of nitrogens with zero attached hydrogens (tertiary/aromatic N) is 1. The number of hydrogen-bond acceptors (Lipinski definition) is 2. The highest BCUT2D eigenvalue weighted by atomic mass is 16.1. The Morgan fingerprint density at radius 2 is 1.88 bits per heavy atom. The highest BCUT2D eigenvalue weighted by Gasteiger charge is 2.14. The number of H-pyrrole nitrogens is 1. The summed E-state index contributed by atoms with van der Waals surface area (Å²) in [5, 5.41) is 13.3. The number of nitrogens with one attached hydrogen (secondary N) is 2. The van der Waals surface area contributed by atoms with E-state index in [1.54, 1.807) is 6.20 Å². The SMILES string of the molecule is CC(NC(=O)c1ccc2cn[nH]c2c1)c1cccc2ccccc12. The smallest absolute Gasteiger partial charge is 0.251 e. The van der Waals surface area contributed by atoms with E-state index in [-0.39, 0.29) is 11.9 Å². The maximum atomic E-state index is 12.6. The predicted octanol–water partition coefficient (Wildman–Crippen LogP) is 4.21. The first-order valence-electron chi connectivity index (χ1n) is 7.94. The summed E-state index contributed by atoms with van der Waals surface area (Å²) in [5.74, 6) is -0.0908. The van der Waals surface area contributed by atoms with Crippen molar-refractivity contribution in [3.05, 3.63) is 78.0 Å². The molecule has 4 nitrogen and oxygen atoms in total. The van der Waals surface area contributed by atoms with Gasteiger partial charge in [-0.2, -0.15) is 5.10 Å². The predicted molar refractivity (Wildman–Crippen MR) is 95.9 cm³/mol. The summed E-state index contributed by atoms with van der Waals surface area (Å²) in [6, 6.07) is 19.8. The minimum absolute atomic E-state index is 0.0823. The molecule has 4 rings (SSSR count). The molecule has 1 heterocycles. The molecule has 0 fully saturated rings. The minimum Gasteiger partial charge on any atom is -0.345 e. The summed E-state index contributed by atoms with van der Waals surface area (Å²) >= 11 is 0. The number of amides is 1. The van der Waals surface area contributed by atoms with E-state index in [9.17, 15) is 4.79 Å². The van der Waals surface area contributed by atoms with Gasteiger partial charge in [-0.15, -0.1) is 0 Å². The number of benzene rings is 3. The van der Waals surface area contributed by atoms with Crippen molar-refractivity contribution < 1.29 is 4.79 Å². The molecule has 1 amide bonds. The van der Waals surface area contributed by atoms with E-state index in [1.165, 1.54) is 5.39 Å². The molecular formula is C20H17N3O. The van der Waals surface area contributed by atoms with Gasteiger partial charge in [0.05, 0.1) is 17.8 Å². The van der Waals surface area contributed by atoms with Gasteiger partial charge in [0.25, 0.3) is 5.91 Å². The molecule has 1 aromatic heterocycles. The molecule has 0 bridgehead atoms. The highest BCUT2D eigenvalue weighted by Crippen LogP contribution is 2.24. The van der Waals surface area contributed by atoms with Gasteiger partial charge >= 0.3 is 0 Å². The first kappa shape index (κ1) is 14.5. The number of rotatable bonds is 3. The topological polar surface area (TPSA) is 57.8 Å². The lowest BCUT2D eigenvalue weighted by molar-refractivity contribution is 0.0940. The third-order valence-corrected chi connectivity index (χ3v) is 4.34. The van der Waals surface area contributed by atoms with Crippen molar-refractivity contribution in [3.63, 3.8) is 0 Å². The summed E-state index contributed by atoms with van der Waals surface area (Å²) in [7, 11) is 0. The standard InChI is InChI=1S/C20H17N3O/c1-13(17-8-4-6-14-5-2-3-7-18(14)17)22-20(24)15-9-10-16-12-21-23-19(16)11-15/h2-13H,1H3,(H,21,23)(H,22,24). The zero-order valence-corrected chi connectivity index (χ0v) is 13.3. The van der Waals surface area contributed by atoms with E-state index in [4.69, 9.17) is 0 Å². The van der Waals surface area contributed by atoms with Crippen molar-refractivity contribution in [1.82, 2.24) is 15.5 Å². The zero-order valence-electron chi connectivity index (χ0n) is 13.3. The Balaban J connectivity index is 1.62. The second-order valence-corrected chi connectivity index (χ2v) is 5.94. The molecule has 0 aliphatic heterocycles. The molecule has 2 N–H and O–H groups in total. The van der Waals surface area contributed by atoms with Crippen LogP contribution in [0.1, 0.15) is 28.9 Å². The van der Waals surface area contributed by atoms with Crippen LogP contribution >= 0.6 is 0 Å². The second kappa shape index (κ2) is 5.81. The van der Waals surface area contributed by atoms with Crippen LogP contribution in [-0.4, -0.2) is 16.1 Å². The number of aromatic nitrogens is 2. The van der Waals surface area contributed by atoms with Crippen LogP contribution in [0.5, 0.6) is 0 Å². The van der Waals surface area contributed by atoms with Crippen molar-refractivity contribution in [2.75, 3.05) is 0 Å². The molecular weight excluding hydrogens is 298 g/mol. The van der Waals surface area contributed by atoms with Crippen LogP contribution in [0.2, 0.25) is 0 Å². The van der Waals surface area contributed by atoms with Crippen LogP contribution in [0.25, 0.3) is 21.7 Å². The maximum absolute atomic E-state index is 12.6. The van der Waals surface area contributed by atoms with E-state index >= 15 is 0 Å². The van der Waals surface area contributed by atoms with Crippen molar-refractivity contribution in [3.8, 4) is 0 Å². The van der Waals surface area contributed by atoms with Crippen LogP contribution in [-0.2, 0) is 0 Å². The molecule has 3 aromatic carbocycles. The van der Waals surface area contributed by atoms with Crippen molar-refractivity contribution in [2.45, 2.75) is 13.0 Å². The first-order chi connectivity index (χ1) is 11.7. The number of carbonyl (C=O) groups excluding carboxylic acids is 1. The molecule has 0 radical (unpaired) electrons. The second-order valence-electron chi connectivity index (χ2n) is 5.94. The van der Waals surface area contributed by atoms with Crippen LogP contribution in [0, 0.1) is 0 Å². The van der Waals surface area contributed by atoms with Gasteiger partial charge in [0.2, 0.25) is 0 Å². The summed E-state index contributed by atoms with van der Waals surface area (Å²) < 4.78 is 0. The van der Waals surface area contributed by atoms with Gasteiger partial charge in [-0.25, -0.2) is 0 Å². The minimum atomic E-state index is -0.0908. The van der Waals surface area contributed by atoms with E-state index in [0.29, 0.717) is 5.56 Å². The molecule has 0 saturated heterocycles. The van der Waals surface area contributed by atoms with Gasteiger partial charge in [0.1, 0.15) is 0 Å². The first-order valence-corrected chi connectivity index (χ1v) is 7.94. The fourth-order valence-electron chi connectivity index (χ4n) is 3.06. The summed E-state index contributed by atoms with van der Waals surface area (Å²) in [4.78, 5) is 12.6. The molecule has 0 saturated carbocycles. The molecule has 0 aliphatic rings. The Labute approximate surface area is 139 Å². The van der Waals surface area contributed by atoms with E-state index in [2.05, 4.69) is 39.8 Å². The lowest BCUT2D eigenvalue weighted by atomic mass is 9.99. The average molecular weight is 315 g/mol. The lowest BCUT2D eigenvalue weighted by Crippen LogP contribution is -2.26. The van der Waals surface area contributed by atoms with E-state index in [1.807, 2.05) is 43.3 Å². The Hall–Kier alpha value is -3.14. The quantitative estimate of drug-likeness (QED) is 0.595. The highest BCUT2D eigenvalue weighted by molar-refractivity contribution is 5.98. The zero-order chi connectivity index (χ0) is 16.5. The fraction of sp³-hybridized carbons (Fsp3) is 0.100. The summed E-state index contributed by atoms with van der Waals surface area (Å²) in [5.41, 5.74) is 2.60. The molecule has 0 spiro atoms. The van der Waals surface area contributed by atoms with Crippen molar-refractivity contribution in [1.29, 1.82) is 0 Å². The van der Waals surface area contributed by atoms with Crippen LogP contribution in [0.4, 0.5) is 0 Å². The van der Waals surface area contributed by atoms with Crippen LogP contribution in [0.15, 0.2) is 66.9 Å². The lowest BCUT2D eigenvalue weighted by Gasteiger charge is -2.16. The third-order valence-electron chi connectivity index (χ3n) is 4.34. The van der Waals surface area contributed by atoms with Gasteiger partial charge in [-0.1, -0.05) is 48.5 Å². The van der Waals surface area contributed by atoms with Crippen molar-refractivity contribution in [2.24, 2.45) is 0 Å². The molecule has 0 aliphatic carbocycles. The van der Waals surface area contributed by atoms with Crippen LogP contribution < -0.4 is 5.32 Å². The Morgan fingerprint density at radius 1 is 1.04 bits per heavy atom. The number of aromatic amines is 1. The van der Waals surface area contributed by atoms with Gasteiger partial charge in [-0.3, -0.25) is 9.89 Å². The molecule has 1 atom stereocenters. The van der Waals surface area contributed by atoms with E-state index < -0.39 is 0 Å². The Kier molecular flexibility index (Phi) is 3.50. The van der Waals surface area contributed by atoms with Gasteiger partial charge in [0, 0.05) is 10.9 Å². The largest absolute Gasteiger partial charge is 0.345 e. The van der Waals surface area contributed by atoms with Crippen LogP contribution in [0.3, 0.4) is 0 Å². The normalized spacial score (nSPS) is 12.4. The Bertz CT molecular complexity index is 1030. The van der Waals surface area contributed by atoms with E-state index in [0.717, 1.165) is 21.9 Å². The number of fused-ring (bicyclic) bond motifs is 2. The molecule has 1 unspecified atom stereocenters. The van der Waals surface area contributed by atoms with Gasteiger partial charge in [-0.05, 0) is 35.4 Å². The summed E-state index contributed by atoms with van der Waals surface area (Å²) in [6.45, 7) is 2.01. The molecule has 24 heavy (non-hydrogen) atoms.